The number of hydrogen-bond acceptors (Lipinski definition) is 6. The Hall–Kier alpha value is -2.97. The summed E-state index contributed by atoms with van der Waals surface area (Å²) in [7, 11) is 0. The molecule has 174 valence electrons. The van der Waals surface area contributed by atoms with Crippen molar-refractivity contribution in [2.45, 2.75) is 45.2 Å². The van der Waals surface area contributed by atoms with Crippen molar-refractivity contribution in [3.63, 3.8) is 0 Å². The van der Waals surface area contributed by atoms with Crippen LogP contribution in [0.5, 0.6) is 0 Å². The molecule has 1 saturated heterocycles. The van der Waals surface area contributed by atoms with Crippen LogP contribution in [0.25, 0.3) is 11.7 Å². The fourth-order valence-electron chi connectivity index (χ4n) is 4.47. The van der Waals surface area contributed by atoms with E-state index in [1.165, 1.54) is 16.2 Å². The molecule has 2 aromatic heterocycles. The van der Waals surface area contributed by atoms with Crippen LogP contribution >= 0.6 is 24.0 Å². The number of benzene rings is 1. The van der Waals surface area contributed by atoms with Gasteiger partial charge < -0.3 is 5.32 Å². The van der Waals surface area contributed by atoms with Gasteiger partial charge in [-0.1, -0.05) is 67.3 Å². The second kappa shape index (κ2) is 9.72. The van der Waals surface area contributed by atoms with Gasteiger partial charge in [0.15, 0.2) is 0 Å². The minimum Gasteiger partial charge on any atom is -0.367 e. The van der Waals surface area contributed by atoms with Gasteiger partial charge in [-0.2, -0.15) is 0 Å². The molecule has 34 heavy (non-hydrogen) atoms. The molecule has 0 radical (unpaired) electrons. The molecule has 0 spiro atoms. The SMILES string of the molecule is CC1CCC(Nc2nc3ccccn3c(=O)c2C=C2SC(=S)N(Cc3ccccc3)C2=O)CC1. The van der Waals surface area contributed by atoms with Crippen LogP contribution in [0.4, 0.5) is 5.82 Å². The molecule has 6 nitrogen and oxygen atoms in total. The maximum Gasteiger partial charge on any atom is 0.267 e. The molecule has 1 aliphatic heterocycles. The highest BCUT2D eigenvalue weighted by molar-refractivity contribution is 8.26. The van der Waals surface area contributed by atoms with Crippen molar-refractivity contribution in [1.82, 2.24) is 14.3 Å². The first-order valence-corrected chi connectivity index (χ1v) is 12.8. The molecule has 1 aromatic carbocycles. The smallest absolute Gasteiger partial charge is 0.267 e. The van der Waals surface area contributed by atoms with Gasteiger partial charge in [-0.15, -0.1) is 0 Å². The molecule has 0 bridgehead atoms. The monoisotopic (exact) mass is 490 g/mol. The number of nitrogens with one attached hydrogen (secondary N) is 1. The van der Waals surface area contributed by atoms with Gasteiger partial charge in [-0.3, -0.25) is 18.9 Å². The Labute approximate surface area is 208 Å². The number of pyridine rings is 1. The number of carbonyl (C=O) groups is 1. The van der Waals surface area contributed by atoms with Crippen molar-refractivity contribution in [3.05, 3.63) is 81.1 Å². The van der Waals surface area contributed by atoms with Crippen LogP contribution in [-0.2, 0) is 11.3 Å². The number of hydrogen-bond donors (Lipinski definition) is 1. The highest BCUT2D eigenvalue weighted by Gasteiger charge is 2.33. The minimum absolute atomic E-state index is 0.186. The van der Waals surface area contributed by atoms with Gasteiger partial charge in [-0.25, -0.2) is 4.98 Å². The number of anilines is 1. The van der Waals surface area contributed by atoms with Crippen LogP contribution in [0, 0.1) is 5.92 Å². The van der Waals surface area contributed by atoms with Crippen molar-refractivity contribution in [3.8, 4) is 0 Å². The molecule has 1 N–H and O–H groups in total. The molecule has 2 aliphatic rings. The number of amides is 1. The van der Waals surface area contributed by atoms with Gasteiger partial charge in [0.25, 0.3) is 11.5 Å². The number of fused-ring (bicyclic) bond motifs is 1. The normalized spacial score (nSPS) is 22.0. The van der Waals surface area contributed by atoms with Crippen LogP contribution in [-0.4, -0.2) is 30.6 Å². The van der Waals surface area contributed by atoms with Crippen molar-refractivity contribution in [2.24, 2.45) is 5.92 Å². The number of rotatable bonds is 5. The maximum atomic E-state index is 13.5. The Morgan fingerprint density at radius 1 is 1.09 bits per heavy atom. The fraction of sp³-hybridized carbons (Fsp3) is 0.308. The average molecular weight is 491 g/mol. The first kappa shape index (κ1) is 22.8. The largest absolute Gasteiger partial charge is 0.367 e. The zero-order valence-electron chi connectivity index (χ0n) is 18.9. The van der Waals surface area contributed by atoms with E-state index in [-0.39, 0.29) is 17.5 Å². The molecular formula is C26H26N4O2S2. The lowest BCUT2D eigenvalue weighted by Gasteiger charge is -2.27. The predicted octanol–water partition coefficient (Wildman–Crippen LogP) is 5.09. The van der Waals surface area contributed by atoms with E-state index >= 15 is 0 Å². The van der Waals surface area contributed by atoms with Crippen molar-refractivity contribution in [1.29, 1.82) is 0 Å². The fourth-order valence-corrected chi connectivity index (χ4v) is 5.71. The molecule has 1 aliphatic carbocycles. The molecule has 8 heteroatoms. The van der Waals surface area contributed by atoms with Crippen molar-refractivity contribution >= 4 is 51.7 Å². The van der Waals surface area contributed by atoms with Crippen LogP contribution < -0.4 is 10.9 Å². The molecule has 0 atom stereocenters. The lowest BCUT2D eigenvalue weighted by Crippen LogP contribution is -2.29. The van der Waals surface area contributed by atoms with E-state index < -0.39 is 0 Å². The summed E-state index contributed by atoms with van der Waals surface area (Å²) in [5, 5.41) is 3.52. The summed E-state index contributed by atoms with van der Waals surface area (Å²) in [6.07, 6.45) is 7.74. The van der Waals surface area contributed by atoms with Gasteiger partial charge in [0.1, 0.15) is 15.8 Å². The van der Waals surface area contributed by atoms with Gasteiger partial charge in [0, 0.05) is 12.2 Å². The Morgan fingerprint density at radius 3 is 2.59 bits per heavy atom. The van der Waals surface area contributed by atoms with E-state index in [4.69, 9.17) is 17.2 Å². The third kappa shape index (κ3) is 4.65. The highest BCUT2D eigenvalue weighted by atomic mass is 32.2. The Kier molecular flexibility index (Phi) is 6.52. The van der Waals surface area contributed by atoms with E-state index in [1.807, 2.05) is 42.5 Å². The first-order chi connectivity index (χ1) is 16.5. The maximum absolute atomic E-state index is 13.5. The Morgan fingerprint density at radius 2 is 1.82 bits per heavy atom. The number of carbonyl (C=O) groups excluding carboxylic acids is 1. The molecular weight excluding hydrogens is 464 g/mol. The molecule has 5 rings (SSSR count). The number of nitrogens with zero attached hydrogens (tertiary/aromatic N) is 3. The standard InChI is InChI=1S/C26H26N4O2S2/c1-17-10-12-19(13-11-17)27-23-20(24(31)29-14-6-5-9-22(29)28-23)15-21-25(32)30(26(33)34-21)16-18-7-3-2-4-8-18/h2-9,14-15,17,19,27H,10-13,16H2,1H3. The Balaban J connectivity index is 1.50. The van der Waals surface area contributed by atoms with Crippen molar-refractivity contribution < 1.29 is 4.79 Å². The van der Waals surface area contributed by atoms with Crippen LogP contribution in [0.15, 0.2) is 64.4 Å². The number of thiocarbonyl (C=S) groups is 1. The Bertz CT molecular complexity index is 1330. The molecule has 1 amide bonds. The molecule has 3 heterocycles. The summed E-state index contributed by atoms with van der Waals surface area (Å²) in [6.45, 7) is 2.68. The lowest BCUT2D eigenvalue weighted by molar-refractivity contribution is -0.122. The summed E-state index contributed by atoms with van der Waals surface area (Å²) in [5.74, 6) is 1.07. The third-order valence-electron chi connectivity index (χ3n) is 6.46. The van der Waals surface area contributed by atoms with E-state index in [2.05, 4.69) is 12.2 Å². The van der Waals surface area contributed by atoms with Crippen molar-refractivity contribution in [2.75, 3.05) is 5.32 Å². The second-order valence-electron chi connectivity index (χ2n) is 8.96. The average Bonchev–Trinajstić information content (AvgIpc) is 3.11. The molecule has 3 aromatic rings. The summed E-state index contributed by atoms with van der Waals surface area (Å²) in [4.78, 5) is 33.5. The zero-order valence-corrected chi connectivity index (χ0v) is 20.6. The van der Waals surface area contributed by atoms with Crippen LogP contribution in [0.3, 0.4) is 0 Å². The summed E-state index contributed by atoms with van der Waals surface area (Å²) >= 11 is 6.74. The molecule has 2 fully saturated rings. The van der Waals surface area contributed by atoms with E-state index in [0.717, 1.165) is 37.2 Å². The second-order valence-corrected chi connectivity index (χ2v) is 10.6. The third-order valence-corrected chi connectivity index (χ3v) is 7.84. The van der Waals surface area contributed by atoms with E-state index in [9.17, 15) is 9.59 Å². The minimum atomic E-state index is -0.203. The topological polar surface area (TPSA) is 66.7 Å². The zero-order chi connectivity index (χ0) is 23.7. The summed E-state index contributed by atoms with van der Waals surface area (Å²) in [5.41, 5.74) is 1.77. The molecule has 1 saturated carbocycles. The van der Waals surface area contributed by atoms with Gasteiger partial charge in [-0.05, 0) is 55.4 Å². The summed E-state index contributed by atoms with van der Waals surface area (Å²) < 4.78 is 2.01. The number of thioether (sulfide) groups is 1. The highest BCUT2D eigenvalue weighted by Crippen LogP contribution is 2.34. The lowest BCUT2D eigenvalue weighted by atomic mass is 9.87. The van der Waals surface area contributed by atoms with Crippen LogP contribution in [0.2, 0.25) is 0 Å². The van der Waals surface area contributed by atoms with Crippen LogP contribution in [0.1, 0.15) is 43.7 Å². The van der Waals surface area contributed by atoms with Gasteiger partial charge in [0.05, 0.1) is 17.0 Å². The molecule has 0 unspecified atom stereocenters. The van der Waals surface area contributed by atoms with Gasteiger partial charge >= 0.3 is 0 Å². The van der Waals surface area contributed by atoms with E-state index in [0.29, 0.717) is 32.8 Å². The summed E-state index contributed by atoms with van der Waals surface area (Å²) in [6, 6.07) is 15.5. The van der Waals surface area contributed by atoms with Gasteiger partial charge in [0.2, 0.25) is 0 Å². The van der Waals surface area contributed by atoms with E-state index in [1.54, 1.807) is 23.2 Å². The first-order valence-electron chi connectivity index (χ1n) is 11.6. The quantitative estimate of drug-likeness (QED) is 0.397. The number of aromatic nitrogens is 2. The predicted molar refractivity (Wildman–Crippen MR) is 142 cm³/mol.